The molecule has 0 fully saturated rings. The van der Waals surface area contributed by atoms with Crippen molar-refractivity contribution in [3.63, 3.8) is 0 Å². The second-order valence-electron chi connectivity index (χ2n) is 2.89. The smallest absolute Gasteiger partial charge is 0.341 e. The lowest BCUT2D eigenvalue weighted by Crippen LogP contribution is -2.10. The highest BCUT2D eigenvalue weighted by atomic mass is 19.1. The van der Waals surface area contributed by atoms with Crippen LogP contribution in [-0.4, -0.2) is 29.7 Å². The van der Waals surface area contributed by atoms with Gasteiger partial charge in [0.05, 0.1) is 18.1 Å². The van der Waals surface area contributed by atoms with Crippen molar-refractivity contribution in [3.05, 3.63) is 28.1 Å². The predicted octanol–water partition coefficient (Wildman–Crippen LogP) is 1.21. The van der Waals surface area contributed by atoms with Crippen molar-refractivity contribution in [1.29, 1.82) is 0 Å². The van der Waals surface area contributed by atoms with E-state index in [-0.39, 0.29) is 11.5 Å². The maximum Gasteiger partial charge on any atom is 0.341 e. The van der Waals surface area contributed by atoms with Gasteiger partial charge in [-0.1, -0.05) is 0 Å². The molecular formula is C9H8FNO6. The number of carboxylic acids is 1. The zero-order chi connectivity index (χ0) is 13.0. The number of hydrogen-bond acceptors (Lipinski definition) is 5. The number of rotatable bonds is 5. The Morgan fingerprint density at radius 3 is 2.65 bits per heavy atom. The van der Waals surface area contributed by atoms with Gasteiger partial charge in [0, 0.05) is 6.07 Å². The van der Waals surface area contributed by atoms with E-state index in [4.69, 9.17) is 5.11 Å². The standard InChI is InChI=1S/C9H8FNO6/c1-16-7-3-8(17-4-9(12)13)6(11(14)15)2-5(7)10/h2-3H,4H2,1H3,(H,12,13). The SMILES string of the molecule is COc1cc(OCC(=O)O)c([N+](=O)[O-])cc1F. The minimum atomic E-state index is -1.30. The molecule has 0 bridgehead atoms. The van der Waals surface area contributed by atoms with Gasteiger partial charge in [0.25, 0.3) is 0 Å². The van der Waals surface area contributed by atoms with E-state index in [1.165, 1.54) is 7.11 Å². The molecule has 1 N–H and O–H groups in total. The molecule has 1 aromatic rings. The van der Waals surface area contributed by atoms with E-state index in [2.05, 4.69) is 9.47 Å². The summed E-state index contributed by atoms with van der Waals surface area (Å²) in [5.74, 6) is -2.86. The second-order valence-corrected chi connectivity index (χ2v) is 2.89. The number of benzene rings is 1. The number of hydrogen-bond donors (Lipinski definition) is 1. The van der Waals surface area contributed by atoms with Gasteiger partial charge in [-0.05, 0) is 0 Å². The number of aliphatic carboxylic acids is 1. The molecule has 0 aliphatic carbocycles. The minimum absolute atomic E-state index is 0.268. The summed E-state index contributed by atoms with van der Waals surface area (Å²) in [6.07, 6.45) is 0. The normalized spacial score (nSPS) is 9.76. The molecule has 0 saturated heterocycles. The third-order valence-electron chi connectivity index (χ3n) is 1.78. The lowest BCUT2D eigenvalue weighted by atomic mass is 10.2. The highest BCUT2D eigenvalue weighted by Crippen LogP contribution is 2.33. The summed E-state index contributed by atoms with van der Waals surface area (Å²) < 4.78 is 22.5. The van der Waals surface area contributed by atoms with Crippen LogP contribution in [0.1, 0.15) is 0 Å². The Kier molecular flexibility index (Phi) is 3.81. The average molecular weight is 245 g/mol. The summed E-state index contributed by atoms with van der Waals surface area (Å²) in [5, 5.41) is 19.0. The highest BCUT2D eigenvalue weighted by Gasteiger charge is 2.20. The Morgan fingerprint density at radius 1 is 1.53 bits per heavy atom. The molecular weight excluding hydrogens is 237 g/mol. The maximum absolute atomic E-state index is 13.2. The lowest BCUT2D eigenvalue weighted by molar-refractivity contribution is -0.386. The van der Waals surface area contributed by atoms with Crippen LogP contribution in [0.4, 0.5) is 10.1 Å². The fourth-order valence-corrected chi connectivity index (χ4v) is 1.08. The number of carbonyl (C=O) groups is 1. The van der Waals surface area contributed by atoms with Crippen LogP contribution < -0.4 is 9.47 Å². The van der Waals surface area contributed by atoms with Gasteiger partial charge < -0.3 is 14.6 Å². The summed E-state index contributed by atoms with van der Waals surface area (Å²) in [7, 11) is 1.17. The molecule has 0 atom stereocenters. The maximum atomic E-state index is 13.2. The fraction of sp³-hybridized carbons (Fsp3) is 0.222. The second kappa shape index (κ2) is 5.10. The number of nitro benzene ring substituents is 1. The first-order chi connectivity index (χ1) is 7.95. The summed E-state index contributed by atoms with van der Waals surface area (Å²) in [5.41, 5.74) is -0.662. The van der Waals surface area contributed by atoms with Gasteiger partial charge in [0.2, 0.25) is 5.75 Å². The Hall–Kier alpha value is -2.38. The van der Waals surface area contributed by atoms with Crippen molar-refractivity contribution >= 4 is 11.7 Å². The van der Waals surface area contributed by atoms with E-state index < -0.39 is 29.0 Å². The topological polar surface area (TPSA) is 98.9 Å². The molecule has 1 rings (SSSR count). The van der Waals surface area contributed by atoms with Crippen LogP contribution in [0, 0.1) is 15.9 Å². The van der Waals surface area contributed by atoms with Crippen LogP contribution in [0.25, 0.3) is 0 Å². The van der Waals surface area contributed by atoms with Crippen molar-refractivity contribution in [2.45, 2.75) is 0 Å². The van der Waals surface area contributed by atoms with Crippen molar-refractivity contribution in [3.8, 4) is 11.5 Å². The van der Waals surface area contributed by atoms with Crippen molar-refractivity contribution in [1.82, 2.24) is 0 Å². The molecule has 17 heavy (non-hydrogen) atoms. The molecule has 0 aliphatic heterocycles. The zero-order valence-corrected chi connectivity index (χ0v) is 8.68. The van der Waals surface area contributed by atoms with Gasteiger partial charge in [-0.3, -0.25) is 10.1 Å². The number of ether oxygens (including phenoxy) is 2. The molecule has 1 aromatic carbocycles. The number of methoxy groups -OCH3 is 1. The zero-order valence-electron chi connectivity index (χ0n) is 8.68. The molecule has 0 unspecified atom stereocenters. The number of carboxylic acid groups (broad SMARTS) is 1. The van der Waals surface area contributed by atoms with Crippen LogP contribution in [0.3, 0.4) is 0 Å². The van der Waals surface area contributed by atoms with E-state index in [1.54, 1.807) is 0 Å². The van der Waals surface area contributed by atoms with Gasteiger partial charge in [-0.2, -0.15) is 0 Å². The largest absolute Gasteiger partial charge is 0.494 e. The van der Waals surface area contributed by atoms with E-state index in [0.29, 0.717) is 6.07 Å². The Labute approximate surface area is 94.5 Å². The molecule has 0 aromatic heterocycles. The van der Waals surface area contributed by atoms with Crippen LogP contribution >= 0.6 is 0 Å². The van der Waals surface area contributed by atoms with Gasteiger partial charge >= 0.3 is 11.7 Å². The summed E-state index contributed by atoms with van der Waals surface area (Å²) >= 11 is 0. The molecule has 0 aliphatic rings. The molecule has 0 spiro atoms. The monoisotopic (exact) mass is 245 g/mol. The summed E-state index contributed by atoms with van der Waals surface area (Å²) in [4.78, 5) is 20.0. The van der Waals surface area contributed by atoms with Crippen LogP contribution in [-0.2, 0) is 4.79 Å². The van der Waals surface area contributed by atoms with Gasteiger partial charge in [0.1, 0.15) is 0 Å². The fourth-order valence-electron chi connectivity index (χ4n) is 1.08. The van der Waals surface area contributed by atoms with Crippen LogP contribution in [0.5, 0.6) is 11.5 Å². The van der Waals surface area contributed by atoms with Crippen LogP contribution in [0.2, 0.25) is 0 Å². The van der Waals surface area contributed by atoms with Gasteiger partial charge in [-0.15, -0.1) is 0 Å². The average Bonchev–Trinajstić information content (AvgIpc) is 2.26. The lowest BCUT2D eigenvalue weighted by Gasteiger charge is -2.07. The van der Waals surface area contributed by atoms with E-state index in [9.17, 15) is 19.3 Å². The van der Waals surface area contributed by atoms with Crippen molar-refractivity contribution < 1.29 is 28.7 Å². The first kappa shape index (κ1) is 12.7. The van der Waals surface area contributed by atoms with Gasteiger partial charge in [0.15, 0.2) is 18.2 Å². The predicted molar refractivity (Wildman–Crippen MR) is 52.7 cm³/mol. The van der Waals surface area contributed by atoms with Crippen LogP contribution in [0.15, 0.2) is 12.1 Å². The molecule has 8 heteroatoms. The Morgan fingerprint density at radius 2 is 2.18 bits per heavy atom. The molecule has 0 amide bonds. The molecule has 7 nitrogen and oxygen atoms in total. The first-order valence-electron chi connectivity index (χ1n) is 4.32. The van der Waals surface area contributed by atoms with Gasteiger partial charge in [-0.25, -0.2) is 9.18 Å². The summed E-state index contributed by atoms with van der Waals surface area (Å²) in [6, 6.07) is 1.53. The molecule has 92 valence electrons. The minimum Gasteiger partial charge on any atom is -0.494 e. The highest BCUT2D eigenvalue weighted by molar-refractivity contribution is 5.69. The van der Waals surface area contributed by atoms with Crippen molar-refractivity contribution in [2.75, 3.05) is 13.7 Å². The third-order valence-corrected chi connectivity index (χ3v) is 1.78. The molecule has 0 saturated carbocycles. The third kappa shape index (κ3) is 3.03. The number of halogens is 1. The summed E-state index contributed by atoms with van der Waals surface area (Å²) in [6.45, 7) is -0.768. The number of nitro groups is 1. The van der Waals surface area contributed by atoms with E-state index in [1.807, 2.05) is 0 Å². The quantitative estimate of drug-likeness (QED) is 0.618. The van der Waals surface area contributed by atoms with E-state index >= 15 is 0 Å². The van der Waals surface area contributed by atoms with Crippen molar-refractivity contribution in [2.24, 2.45) is 0 Å². The Bertz CT molecular complexity index is 461. The van der Waals surface area contributed by atoms with E-state index in [0.717, 1.165) is 6.07 Å². The molecule has 0 radical (unpaired) electrons. The Balaban J connectivity index is 3.14. The number of nitrogens with zero attached hydrogens (tertiary/aromatic N) is 1. The first-order valence-corrected chi connectivity index (χ1v) is 4.32. The molecule has 0 heterocycles.